The summed E-state index contributed by atoms with van der Waals surface area (Å²) in [4.78, 5) is 13.2. The number of anilines is 1. The number of hydrogen-bond acceptors (Lipinski definition) is 5. The van der Waals surface area contributed by atoms with Crippen molar-refractivity contribution in [1.82, 2.24) is 10.2 Å². The highest BCUT2D eigenvalue weighted by Crippen LogP contribution is 2.24. The third-order valence-electron chi connectivity index (χ3n) is 3.05. The molecule has 0 aliphatic carbocycles. The average Bonchev–Trinajstić information content (AvgIpc) is 3.03. The number of carbonyl (C=O) groups excluding carboxylic acids is 1. The minimum Gasteiger partial charge on any atom is -0.403 e. The van der Waals surface area contributed by atoms with Gasteiger partial charge in [0.2, 0.25) is 5.89 Å². The summed E-state index contributed by atoms with van der Waals surface area (Å²) < 4.78 is 6.34. The van der Waals surface area contributed by atoms with Crippen LogP contribution in [0.1, 0.15) is 10.4 Å². The zero-order valence-corrected chi connectivity index (χ0v) is 14.5. The maximum atomic E-state index is 12.1. The standard InChI is InChI=1S/C16H12BrN3O2S/c1-23-13-7-3-5-11(9-13)15-19-20-16(22-15)18-14(21)10-4-2-6-12(17)8-10/h2-9H,1H3,(H,18,20,21). The fourth-order valence-corrected chi connectivity index (χ4v) is 2.80. The van der Waals surface area contributed by atoms with E-state index in [0.29, 0.717) is 11.5 Å². The van der Waals surface area contributed by atoms with Gasteiger partial charge in [-0.15, -0.1) is 16.9 Å². The monoisotopic (exact) mass is 389 g/mol. The van der Waals surface area contributed by atoms with Crippen LogP contribution in [0, 0.1) is 0 Å². The van der Waals surface area contributed by atoms with Gasteiger partial charge in [-0.05, 0) is 42.7 Å². The van der Waals surface area contributed by atoms with Gasteiger partial charge in [0.25, 0.3) is 5.91 Å². The molecular weight excluding hydrogens is 378 g/mol. The lowest BCUT2D eigenvalue weighted by atomic mass is 10.2. The third-order valence-corrected chi connectivity index (χ3v) is 4.27. The molecule has 0 unspecified atom stereocenters. The maximum absolute atomic E-state index is 12.1. The molecule has 116 valence electrons. The molecule has 23 heavy (non-hydrogen) atoms. The van der Waals surface area contributed by atoms with Gasteiger partial charge in [-0.3, -0.25) is 10.1 Å². The highest BCUT2D eigenvalue weighted by Gasteiger charge is 2.13. The number of aromatic nitrogens is 2. The quantitative estimate of drug-likeness (QED) is 0.666. The molecule has 7 heteroatoms. The molecule has 3 rings (SSSR count). The highest BCUT2D eigenvalue weighted by molar-refractivity contribution is 9.10. The van der Waals surface area contributed by atoms with Crippen molar-refractivity contribution in [2.24, 2.45) is 0 Å². The van der Waals surface area contributed by atoms with E-state index in [-0.39, 0.29) is 11.9 Å². The fraction of sp³-hybridized carbons (Fsp3) is 0.0625. The Hall–Kier alpha value is -2.12. The molecule has 3 aromatic rings. The van der Waals surface area contributed by atoms with Gasteiger partial charge in [-0.25, -0.2) is 0 Å². The SMILES string of the molecule is CSc1cccc(-c2nnc(NC(=O)c3cccc(Br)c3)o2)c1. The van der Waals surface area contributed by atoms with E-state index in [4.69, 9.17) is 4.42 Å². The molecule has 0 spiro atoms. The number of benzene rings is 2. The summed E-state index contributed by atoms with van der Waals surface area (Å²) in [5, 5.41) is 10.4. The van der Waals surface area contributed by atoms with Crippen LogP contribution < -0.4 is 5.32 Å². The van der Waals surface area contributed by atoms with Crippen molar-refractivity contribution in [2.75, 3.05) is 11.6 Å². The second-order valence-corrected chi connectivity index (χ2v) is 6.40. The van der Waals surface area contributed by atoms with Gasteiger partial charge >= 0.3 is 6.01 Å². The molecule has 2 aromatic carbocycles. The van der Waals surface area contributed by atoms with Gasteiger partial charge in [-0.2, -0.15) is 0 Å². The molecular formula is C16H12BrN3O2S. The third kappa shape index (κ3) is 3.80. The van der Waals surface area contributed by atoms with E-state index in [9.17, 15) is 4.79 Å². The van der Waals surface area contributed by atoms with Crippen molar-refractivity contribution in [3.63, 3.8) is 0 Å². The average molecular weight is 390 g/mol. The van der Waals surface area contributed by atoms with E-state index in [1.54, 1.807) is 30.0 Å². The minimum absolute atomic E-state index is 0.0690. The topological polar surface area (TPSA) is 68.0 Å². The van der Waals surface area contributed by atoms with Crippen LogP contribution in [0.25, 0.3) is 11.5 Å². The summed E-state index contributed by atoms with van der Waals surface area (Å²) in [5.41, 5.74) is 1.32. The Morgan fingerprint density at radius 1 is 1.17 bits per heavy atom. The smallest absolute Gasteiger partial charge is 0.322 e. The van der Waals surface area contributed by atoms with E-state index in [0.717, 1.165) is 14.9 Å². The van der Waals surface area contributed by atoms with E-state index in [1.807, 2.05) is 36.6 Å². The maximum Gasteiger partial charge on any atom is 0.322 e. The number of rotatable bonds is 4. The number of hydrogen-bond donors (Lipinski definition) is 1. The Kier molecular flexibility index (Phi) is 4.78. The first-order valence-corrected chi connectivity index (χ1v) is 8.72. The molecule has 1 N–H and O–H groups in total. The zero-order valence-electron chi connectivity index (χ0n) is 12.1. The van der Waals surface area contributed by atoms with Crippen molar-refractivity contribution in [2.45, 2.75) is 4.90 Å². The Labute approximate surface area is 145 Å². The van der Waals surface area contributed by atoms with Crippen LogP contribution in [-0.2, 0) is 0 Å². The lowest BCUT2D eigenvalue weighted by Crippen LogP contribution is -2.11. The van der Waals surface area contributed by atoms with E-state index in [1.165, 1.54) is 0 Å². The number of nitrogens with one attached hydrogen (secondary N) is 1. The molecule has 0 fully saturated rings. The van der Waals surface area contributed by atoms with E-state index >= 15 is 0 Å². The molecule has 1 amide bonds. The van der Waals surface area contributed by atoms with Crippen LogP contribution in [0.3, 0.4) is 0 Å². The molecule has 0 bridgehead atoms. The largest absolute Gasteiger partial charge is 0.403 e. The molecule has 5 nitrogen and oxygen atoms in total. The molecule has 0 atom stereocenters. The summed E-state index contributed by atoms with van der Waals surface area (Å²) in [6.07, 6.45) is 2.00. The number of nitrogens with zero attached hydrogens (tertiary/aromatic N) is 2. The van der Waals surface area contributed by atoms with Crippen LogP contribution in [0.4, 0.5) is 6.01 Å². The molecule has 0 saturated carbocycles. The Bertz CT molecular complexity index is 851. The first-order valence-electron chi connectivity index (χ1n) is 6.70. The summed E-state index contributed by atoms with van der Waals surface area (Å²) in [6.45, 7) is 0. The normalized spacial score (nSPS) is 10.5. The lowest BCUT2D eigenvalue weighted by molar-refractivity contribution is 0.102. The van der Waals surface area contributed by atoms with Gasteiger partial charge in [-0.1, -0.05) is 33.2 Å². The molecule has 1 heterocycles. The first kappa shape index (κ1) is 15.8. The van der Waals surface area contributed by atoms with Crippen molar-refractivity contribution >= 4 is 39.6 Å². The zero-order chi connectivity index (χ0) is 16.2. The number of amides is 1. The first-order chi connectivity index (χ1) is 11.2. The number of thioether (sulfide) groups is 1. The van der Waals surface area contributed by atoms with Crippen molar-refractivity contribution in [3.8, 4) is 11.5 Å². The van der Waals surface area contributed by atoms with Crippen LogP contribution in [0.2, 0.25) is 0 Å². The highest BCUT2D eigenvalue weighted by atomic mass is 79.9. The van der Waals surface area contributed by atoms with Crippen molar-refractivity contribution < 1.29 is 9.21 Å². The second-order valence-electron chi connectivity index (χ2n) is 4.61. The molecule has 1 aromatic heterocycles. The fourth-order valence-electron chi connectivity index (χ4n) is 1.95. The van der Waals surface area contributed by atoms with Gasteiger partial charge in [0, 0.05) is 20.5 Å². The van der Waals surface area contributed by atoms with Crippen molar-refractivity contribution in [3.05, 3.63) is 58.6 Å². The molecule has 0 aliphatic rings. The van der Waals surface area contributed by atoms with E-state index in [2.05, 4.69) is 31.4 Å². The Morgan fingerprint density at radius 2 is 2.00 bits per heavy atom. The van der Waals surface area contributed by atoms with Gasteiger partial charge in [0.15, 0.2) is 0 Å². The minimum atomic E-state index is -0.306. The summed E-state index contributed by atoms with van der Waals surface area (Å²) in [5.74, 6) is 0.0600. The molecule has 0 aliphatic heterocycles. The molecule has 0 saturated heterocycles. The summed E-state index contributed by atoms with van der Waals surface area (Å²) in [6, 6.07) is 14.9. The van der Waals surface area contributed by atoms with Crippen LogP contribution >= 0.6 is 27.7 Å². The van der Waals surface area contributed by atoms with Crippen LogP contribution in [0.5, 0.6) is 0 Å². The Morgan fingerprint density at radius 3 is 2.78 bits per heavy atom. The second kappa shape index (κ2) is 6.97. The van der Waals surface area contributed by atoms with Gasteiger partial charge in [0.1, 0.15) is 0 Å². The summed E-state index contributed by atoms with van der Waals surface area (Å²) >= 11 is 4.96. The van der Waals surface area contributed by atoms with Crippen LogP contribution in [-0.4, -0.2) is 22.4 Å². The number of halogens is 1. The molecule has 0 radical (unpaired) electrons. The van der Waals surface area contributed by atoms with Crippen molar-refractivity contribution in [1.29, 1.82) is 0 Å². The predicted octanol–water partition coefficient (Wildman–Crippen LogP) is 4.47. The summed E-state index contributed by atoms with van der Waals surface area (Å²) in [7, 11) is 0. The van der Waals surface area contributed by atoms with E-state index < -0.39 is 0 Å². The van der Waals surface area contributed by atoms with Gasteiger partial charge in [0.05, 0.1) is 0 Å². The Balaban J connectivity index is 1.78. The van der Waals surface area contributed by atoms with Gasteiger partial charge < -0.3 is 4.42 Å². The van der Waals surface area contributed by atoms with Crippen LogP contribution in [0.15, 0.2) is 62.3 Å². The lowest BCUT2D eigenvalue weighted by Gasteiger charge is -2.01. The number of carbonyl (C=O) groups is 1. The predicted molar refractivity (Wildman–Crippen MR) is 93.6 cm³/mol.